The summed E-state index contributed by atoms with van der Waals surface area (Å²) < 4.78 is 15.9. The van der Waals surface area contributed by atoms with Gasteiger partial charge in [0.1, 0.15) is 5.82 Å². The van der Waals surface area contributed by atoms with E-state index in [1.165, 1.54) is 11.0 Å². The molecule has 160 valence electrons. The van der Waals surface area contributed by atoms with Gasteiger partial charge in [0.25, 0.3) is 0 Å². The van der Waals surface area contributed by atoms with Crippen LogP contribution in [0.25, 0.3) is 5.69 Å². The molecule has 1 atom stereocenters. The van der Waals surface area contributed by atoms with Crippen LogP contribution in [-0.2, 0) is 16.0 Å². The predicted molar refractivity (Wildman–Crippen MR) is 117 cm³/mol. The topological polar surface area (TPSA) is 67.2 Å². The van der Waals surface area contributed by atoms with Crippen molar-refractivity contribution in [3.8, 4) is 5.69 Å². The number of carbonyl (C=O) groups excluding carboxylic acids is 2. The second-order valence-corrected chi connectivity index (χ2v) is 7.82. The van der Waals surface area contributed by atoms with E-state index in [0.29, 0.717) is 12.8 Å². The minimum Gasteiger partial charge on any atom is -0.351 e. The number of rotatable bonds is 6. The summed E-state index contributed by atoms with van der Waals surface area (Å²) >= 11 is 0. The van der Waals surface area contributed by atoms with Crippen LogP contribution < -0.4 is 10.2 Å². The molecule has 1 aliphatic rings. The van der Waals surface area contributed by atoms with Crippen LogP contribution in [0.15, 0.2) is 54.6 Å². The van der Waals surface area contributed by atoms with E-state index >= 15 is 0 Å². The Bertz CT molecular complexity index is 1110. The Hall–Kier alpha value is -3.48. The number of nitrogens with zero attached hydrogens (tertiary/aromatic N) is 3. The molecule has 31 heavy (non-hydrogen) atoms. The summed E-state index contributed by atoms with van der Waals surface area (Å²) in [6, 6.07) is 15.7. The van der Waals surface area contributed by atoms with E-state index in [1.807, 2.05) is 48.9 Å². The standard InChI is InChI=1S/C24H25FN4O2/c1-16-20(17(2)29(27-16)19-8-4-3-5-9-19)12-13-23(30)26-18-14-24(31)28(15-18)22-11-7-6-10-21(22)25/h3-11,18H,12-15H2,1-2H3,(H,26,30). The first-order valence-corrected chi connectivity index (χ1v) is 10.4. The van der Waals surface area contributed by atoms with Crippen LogP contribution in [0.2, 0.25) is 0 Å². The second-order valence-electron chi connectivity index (χ2n) is 7.82. The molecule has 2 aromatic carbocycles. The van der Waals surface area contributed by atoms with Crippen molar-refractivity contribution >= 4 is 17.5 Å². The van der Waals surface area contributed by atoms with Gasteiger partial charge < -0.3 is 10.2 Å². The molecule has 1 N–H and O–H groups in total. The predicted octanol–water partition coefficient (Wildman–Crippen LogP) is 3.48. The Morgan fingerprint density at radius 2 is 1.84 bits per heavy atom. The summed E-state index contributed by atoms with van der Waals surface area (Å²) in [6.07, 6.45) is 1.03. The third kappa shape index (κ3) is 4.35. The number of para-hydroxylation sites is 2. The second kappa shape index (κ2) is 8.71. The highest BCUT2D eigenvalue weighted by Crippen LogP contribution is 2.24. The molecule has 4 rings (SSSR count). The number of halogens is 1. The summed E-state index contributed by atoms with van der Waals surface area (Å²) in [5.74, 6) is -0.755. The van der Waals surface area contributed by atoms with Crippen LogP contribution in [0.5, 0.6) is 0 Å². The molecule has 0 bridgehead atoms. The highest BCUT2D eigenvalue weighted by Gasteiger charge is 2.32. The lowest BCUT2D eigenvalue weighted by Crippen LogP contribution is -2.37. The van der Waals surface area contributed by atoms with Crippen LogP contribution in [0, 0.1) is 19.7 Å². The number of carbonyl (C=O) groups is 2. The van der Waals surface area contributed by atoms with Gasteiger partial charge in [0.05, 0.1) is 23.1 Å². The summed E-state index contributed by atoms with van der Waals surface area (Å²) in [5.41, 5.74) is 4.20. The molecule has 1 fully saturated rings. The highest BCUT2D eigenvalue weighted by molar-refractivity contribution is 5.97. The quantitative estimate of drug-likeness (QED) is 0.664. The van der Waals surface area contributed by atoms with Crippen molar-refractivity contribution in [1.82, 2.24) is 15.1 Å². The Labute approximate surface area is 180 Å². The van der Waals surface area contributed by atoms with Gasteiger partial charge in [-0.3, -0.25) is 9.59 Å². The summed E-state index contributed by atoms with van der Waals surface area (Å²) in [6.45, 7) is 4.22. The largest absolute Gasteiger partial charge is 0.351 e. The molecule has 0 aliphatic carbocycles. The molecular weight excluding hydrogens is 395 g/mol. The first-order chi connectivity index (χ1) is 14.9. The van der Waals surface area contributed by atoms with Crippen molar-refractivity contribution < 1.29 is 14.0 Å². The number of aromatic nitrogens is 2. The molecule has 7 heteroatoms. The van der Waals surface area contributed by atoms with E-state index < -0.39 is 5.82 Å². The van der Waals surface area contributed by atoms with E-state index in [2.05, 4.69) is 10.4 Å². The minimum absolute atomic E-state index is 0.126. The minimum atomic E-state index is -0.441. The lowest BCUT2D eigenvalue weighted by molar-refractivity contribution is -0.121. The van der Waals surface area contributed by atoms with E-state index in [-0.39, 0.29) is 36.5 Å². The van der Waals surface area contributed by atoms with Gasteiger partial charge in [-0.2, -0.15) is 5.10 Å². The van der Waals surface area contributed by atoms with E-state index in [1.54, 1.807) is 18.2 Å². The zero-order chi connectivity index (χ0) is 22.0. The maximum atomic E-state index is 14.0. The fourth-order valence-corrected chi connectivity index (χ4v) is 4.10. The van der Waals surface area contributed by atoms with Crippen molar-refractivity contribution in [3.63, 3.8) is 0 Å². The monoisotopic (exact) mass is 420 g/mol. The van der Waals surface area contributed by atoms with E-state index in [9.17, 15) is 14.0 Å². The molecule has 1 unspecified atom stereocenters. The maximum Gasteiger partial charge on any atom is 0.229 e. The number of hydrogen-bond acceptors (Lipinski definition) is 3. The molecule has 1 saturated heterocycles. The summed E-state index contributed by atoms with van der Waals surface area (Å²) in [4.78, 5) is 26.3. The number of amides is 2. The van der Waals surface area contributed by atoms with Crippen LogP contribution in [-0.4, -0.2) is 34.2 Å². The van der Waals surface area contributed by atoms with Crippen LogP contribution >= 0.6 is 0 Å². The fourth-order valence-electron chi connectivity index (χ4n) is 4.10. The summed E-state index contributed by atoms with van der Waals surface area (Å²) in [7, 11) is 0. The van der Waals surface area contributed by atoms with Gasteiger partial charge in [0, 0.05) is 25.1 Å². The van der Waals surface area contributed by atoms with Gasteiger partial charge in [-0.05, 0) is 50.1 Å². The number of hydrogen-bond donors (Lipinski definition) is 1. The van der Waals surface area contributed by atoms with Crippen LogP contribution in [0.4, 0.5) is 10.1 Å². The van der Waals surface area contributed by atoms with Gasteiger partial charge in [-0.1, -0.05) is 30.3 Å². The molecule has 0 radical (unpaired) electrons. The maximum absolute atomic E-state index is 14.0. The third-order valence-corrected chi connectivity index (χ3v) is 5.68. The molecule has 3 aromatic rings. The zero-order valence-electron chi connectivity index (χ0n) is 17.6. The van der Waals surface area contributed by atoms with Crippen LogP contribution in [0.3, 0.4) is 0 Å². The molecule has 6 nitrogen and oxygen atoms in total. The molecule has 0 saturated carbocycles. The zero-order valence-corrected chi connectivity index (χ0v) is 17.6. The first-order valence-electron chi connectivity index (χ1n) is 10.4. The first kappa shape index (κ1) is 20.8. The van der Waals surface area contributed by atoms with Crippen molar-refractivity contribution in [2.75, 3.05) is 11.4 Å². The van der Waals surface area contributed by atoms with Crippen molar-refractivity contribution in [3.05, 3.63) is 77.4 Å². The lowest BCUT2D eigenvalue weighted by atomic mass is 10.1. The van der Waals surface area contributed by atoms with Gasteiger partial charge in [-0.25, -0.2) is 9.07 Å². The molecule has 1 aromatic heterocycles. The van der Waals surface area contributed by atoms with Crippen molar-refractivity contribution in [1.29, 1.82) is 0 Å². The SMILES string of the molecule is Cc1nn(-c2ccccc2)c(C)c1CCC(=O)NC1CC(=O)N(c2ccccc2F)C1. The molecule has 1 aliphatic heterocycles. The third-order valence-electron chi connectivity index (χ3n) is 5.68. The molecule has 0 spiro atoms. The van der Waals surface area contributed by atoms with Gasteiger partial charge in [-0.15, -0.1) is 0 Å². The van der Waals surface area contributed by atoms with E-state index in [0.717, 1.165) is 22.6 Å². The van der Waals surface area contributed by atoms with Gasteiger partial charge in [0.15, 0.2) is 0 Å². The van der Waals surface area contributed by atoms with Gasteiger partial charge >= 0.3 is 0 Å². The van der Waals surface area contributed by atoms with Gasteiger partial charge in [0.2, 0.25) is 11.8 Å². The Morgan fingerprint density at radius 3 is 2.58 bits per heavy atom. The molecule has 2 heterocycles. The smallest absolute Gasteiger partial charge is 0.229 e. The number of nitrogens with one attached hydrogen (secondary N) is 1. The Kier molecular flexibility index (Phi) is 5.84. The highest BCUT2D eigenvalue weighted by atomic mass is 19.1. The Morgan fingerprint density at radius 1 is 1.13 bits per heavy atom. The Balaban J connectivity index is 1.37. The normalized spacial score (nSPS) is 16.0. The number of aryl methyl sites for hydroxylation is 1. The number of benzene rings is 2. The van der Waals surface area contributed by atoms with Crippen molar-refractivity contribution in [2.45, 2.75) is 39.2 Å². The lowest BCUT2D eigenvalue weighted by Gasteiger charge is -2.17. The number of anilines is 1. The molecular formula is C24H25FN4O2. The van der Waals surface area contributed by atoms with Crippen molar-refractivity contribution in [2.24, 2.45) is 0 Å². The van der Waals surface area contributed by atoms with Crippen LogP contribution in [0.1, 0.15) is 29.8 Å². The average molecular weight is 420 g/mol. The van der Waals surface area contributed by atoms with E-state index in [4.69, 9.17) is 0 Å². The summed E-state index contributed by atoms with van der Waals surface area (Å²) in [5, 5.41) is 7.55. The fraction of sp³-hybridized carbons (Fsp3) is 0.292. The average Bonchev–Trinajstić information content (AvgIpc) is 3.26. The molecule has 2 amide bonds.